The number of thioether (sulfide) groups is 1. The lowest BCUT2D eigenvalue weighted by Crippen LogP contribution is -1.86. The summed E-state index contributed by atoms with van der Waals surface area (Å²) in [5.74, 6) is 0.510. The van der Waals surface area contributed by atoms with Crippen molar-refractivity contribution in [2.75, 3.05) is 6.26 Å². The minimum absolute atomic E-state index is 0.510. The van der Waals surface area contributed by atoms with E-state index in [1.54, 1.807) is 23.1 Å². The number of aromatic nitrogens is 1. The average Bonchev–Trinajstić information content (AvgIpc) is 2.78. The molecular formula is C13H15NS2. The van der Waals surface area contributed by atoms with Crippen LogP contribution in [0.4, 0.5) is 0 Å². The van der Waals surface area contributed by atoms with E-state index in [9.17, 15) is 0 Å². The average molecular weight is 249 g/mol. The molecule has 0 saturated heterocycles. The molecule has 3 heteroatoms. The first-order valence-electron chi connectivity index (χ1n) is 5.30. The summed E-state index contributed by atoms with van der Waals surface area (Å²) in [7, 11) is 0. The van der Waals surface area contributed by atoms with E-state index in [0.29, 0.717) is 5.92 Å². The van der Waals surface area contributed by atoms with E-state index in [2.05, 4.69) is 54.7 Å². The maximum Gasteiger partial charge on any atom is 0.123 e. The standard InChI is InChI=1S/C13H15NS2/c1-9(2)12-8-16-13(14-12)10-4-6-11(15-3)7-5-10/h4-9H,1-3H3. The summed E-state index contributed by atoms with van der Waals surface area (Å²) in [6, 6.07) is 8.59. The molecule has 2 aromatic rings. The summed E-state index contributed by atoms with van der Waals surface area (Å²) >= 11 is 3.49. The first kappa shape index (κ1) is 11.7. The molecule has 16 heavy (non-hydrogen) atoms. The molecule has 0 aliphatic carbocycles. The van der Waals surface area contributed by atoms with Crippen LogP contribution in [0.3, 0.4) is 0 Å². The second-order valence-electron chi connectivity index (χ2n) is 3.96. The van der Waals surface area contributed by atoms with Gasteiger partial charge >= 0.3 is 0 Å². The van der Waals surface area contributed by atoms with E-state index >= 15 is 0 Å². The van der Waals surface area contributed by atoms with Crippen LogP contribution in [0.25, 0.3) is 10.6 Å². The first-order chi connectivity index (χ1) is 7.70. The third-order valence-corrected chi connectivity index (χ3v) is 4.10. The molecule has 1 heterocycles. The van der Waals surface area contributed by atoms with Crippen molar-refractivity contribution in [3.63, 3.8) is 0 Å². The largest absolute Gasteiger partial charge is 0.241 e. The van der Waals surface area contributed by atoms with Crippen LogP contribution in [-0.4, -0.2) is 11.2 Å². The molecule has 2 rings (SSSR count). The Balaban J connectivity index is 2.28. The topological polar surface area (TPSA) is 12.9 Å². The van der Waals surface area contributed by atoms with E-state index in [4.69, 9.17) is 0 Å². The van der Waals surface area contributed by atoms with Gasteiger partial charge in [0, 0.05) is 15.8 Å². The van der Waals surface area contributed by atoms with Gasteiger partial charge in [-0.3, -0.25) is 0 Å². The van der Waals surface area contributed by atoms with E-state index in [0.717, 1.165) is 5.01 Å². The lowest BCUT2D eigenvalue weighted by atomic mass is 10.1. The Kier molecular flexibility index (Phi) is 3.66. The van der Waals surface area contributed by atoms with Crippen molar-refractivity contribution < 1.29 is 0 Å². The van der Waals surface area contributed by atoms with Crippen LogP contribution in [0.15, 0.2) is 34.5 Å². The molecule has 84 valence electrons. The van der Waals surface area contributed by atoms with Crippen LogP contribution in [0.2, 0.25) is 0 Å². The minimum Gasteiger partial charge on any atom is -0.241 e. The molecule has 1 nitrogen and oxygen atoms in total. The Morgan fingerprint density at radius 3 is 2.38 bits per heavy atom. The van der Waals surface area contributed by atoms with Crippen LogP contribution in [0.5, 0.6) is 0 Å². The number of thiazole rings is 1. The minimum atomic E-state index is 0.510. The van der Waals surface area contributed by atoms with Crippen molar-refractivity contribution in [2.24, 2.45) is 0 Å². The van der Waals surface area contributed by atoms with Crippen LogP contribution in [-0.2, 0) is 0 Å². The Morgan fingerprint density at radius 1 is 1.19 bits per heavy atom. The monoisotopic (exact) mass is 249 g/mol. The molecule has 0 bridgehead atoms. The molecule has 1 aromatic heterocycles. The van der Waals surface area contributed by atoms with Crippen LogP contribution >= 0.6 is 23.1 Å². The highest BCUT2D eigenvalue weighted by atomic mass is 32.2. The van der Waals surface area contributed by atoms with Crippen LogP contribution in [0.1, 0.15) is 25.5 Å². The number of benzene rings is 1. The lowest BCUT2D eigenvalue weighted by Gasteiger charge is -1.99. The van der Waals surface area contributed by atoms with Gasteiger partial charge in [-0.05, 0) is 24.3 Å². The molecule has 0 radical (unpaired) electrons. The zero-order valence-electron chi connectivity index (χ0n) is 9.73. The molecule has 0 fully saturated rings. The molecular weight excluding hydrogens is 234 g/mol. The Bertz CT molecular complexity index is 457. The van der Waals surface area contributed by atoms with E-state index in [-0.39, 0.29) is 0 Å². The van der Waals surface area contributed by atoms with Gasteiger partial charge in [0.15, 0.2) is 0 Å². The Labute approximate surface area is 105 Å². The van der Waals surface area contributed by atoms with Crippen molar-refractivity contribution in [1.29, 1.82) is 0 Å². The van der Waals surface area contributed by atoms with Crippen molar-refractivity contribution in [3.8, 4) is 10.6 Å². The highest BCUT2D eigenvalue weighted by Crippen LogP contribution is 2.28. The third kappa shape index (κ3) is 2.47. The maximum absolute atomic E-state index is 4.65. The fraction of sp³-hybridized carbons (Fsp3) is 0.308. The molecule has 0 N–H and O–H groups in total. The van der Waals surface area contributed by atoms with E-state index < -0.39 is 0 Å². The summed E-state index contributed by atoms with van der Waals surface area (Å²) in [5.41, 5.74) is 2.41. The van der Waals surface area contributed by atoms with Gasteiger partial charge in [-0.25, -0.2) is 4.98 Å². The number of nitrogens with zero attached hydrogens (tertiary/aromatic N) is 1. The molecule has 0 aliphatic heterocycles. The quantitative estimate of drug-likeness (QED) is 0.734. The third-order valence-electron chi connectivity index (χ3n) is 2.45. The molecule has 0 aliphatic rings. The normalized spacial score (nSPS) is 11.0. The summed E-state index contributed by atoms with van der Waals surface area (Å²) in [5, 5.41) is 3.28. The van der Waals surface area contributed by atoms with Gasteiger partial charge < -0.3 is 0 Å². The van der Waals surface area contributed by atoms with Crippen LogP contribution < -0.4 is 0 Å². The van der Waals surface area contributed by atoms with Crippen LogP contribution in [0, 0.1) is 0 Å². The molecule has 0 spiro atoms. The van der Waals surface area contributed by atoms with Crippen molar-refractivity contribution in [2.45, 2.75) is 24.7 Å². The van der Waals surface area contributed by atoms with Gasteiger partial charge in [-0.1, -0.05) is 26.0 Å². The zero-order chi connectivity index (χ0) is 11.5. The highest BCUT2D eigenvalue weighted by Gasteiger charge is 2.07. The van der Waals surface area contributed by atoms with Gasteiger partial charge in [-0.2, -0.15) is 0 Å². The number of hydrogen-bond acceptors (Lipinski definition) is 3. The fourth-order valence-electron chi connectivity index (χ4n) is 1.42. The number of hydrogen-bond donors (Lipinski definition) is 0. The van der Waals surface area contributed by atoms with Gasteiger partial charge in [0.1, 0.15) is 5.01 Å². The number of rotatable bonds is 3. The molecule has 0 saturated carbocycles. The first-order valence-corrected chi connectivity index (χ1v) is 7.41. The van der Waals surface area contributed by atoms with Crippen molar-refractivity contribution >= 4 is 23.1 Å². The Morgan fingerprint density at radius 2 is 1.88 bits per heavy atom. The maximum atomic E-state index is 4.65. The van der Waals surface area contributed by atoms with Gasteiger partial charge in [0.2, 0.25) is 0 Å². The molecule has 0 unspecified atom stereocenters. The highest BCUT2D eigenvalue weighted by molar-refractivity contribution is 7.98. The molecule has 1 aromatic carbocycles. The molecule has 0 atom stereocenters. The summed E-state index contributed by atoms with van der Waals surface area (Å²) in [6.45, 7) is 4.35. The van der Waals surface area contributed by atoms with Crippen molar-refractivity contribution in [1.82, 2.24) is 4.98 Å². The lowest BCUT2D eigenvalue weighted by molar-refractivity contribution is 0.834. The molecule has 0 amide bonds. The smallest absolute Gasteiger partial charge is 0.123 e. The van der Waals surface area contributed by atoms with Gasteiger partial charge in [0.05, 0.1) is 5.69 Å². The van der Waals surface area contributed by atoms with Gasteiger partial charge in [0.25, 0.3) is 0 Å². The van der Waals surface area contributed by atoms with Gasteiger partial charge in [-0.15, -0.1) is 23.1 Å². The predicted molar refractivity (Wildman–Crippen MR) is 73.4 cm³/mol. The summed E-state index contributed by atoms with van der Waals surface area (Å²) in [6.07, 6.45) is 2.09. The second kappa shape index (κ2) is 5.02. The fourth-order valence-corrected chi connectivity index (χ4v) is 2.81. The second-order valence-corrected chi connectivity index (χ2v) is 5.70. The van der Waals surface area contributed by atoms with E-state index in [1.807, 2.05) is 0 Å². The predicted octanol–water partition coefficient (Wildman–Crippen LogP) is 4.66. The SMILES string of the molecule is CSc1ccc(-c2nc(C(C)C)cs2)cc1. The van der Waals surface area contributed by atoms with Crippen molar-refractivity contribution in [3.05, 3.63) is 35.3 Å². The summed E-state index contributed by atoms with van der Waals surface area (Å²) in [4.78, 5) is 5.94. The summed E-state index contributed by atoms with van der Waals surface area (Å²) < 4.78 is 0. The zero-order valence-corrected chi connectivity index (χ0v) is 11.4. The van der Waals surface area contributed by atoms with E-state index in [1.165, 1.54) is 16.2 Å². The Hall–Kier alpha value is -0.800.